The van der Waals surface area contributed by atoms with Gasteiger partial charge in [-0.25, -0.2) is 4.98 Å². The van der Waals surface area contributed by atoms with Crippen LogP contribution < -0.4 is 5.32 Å². The minimum Gasteiger partial charge on any atom is -0.341 e. The Balaban J connectivity index is 1.85. The predicted molar refractivity (Wildman–Crippen MR) is 71.5 cm³/mol. The first kappa shape index (κ1) is 11.0. The fourth-order valence-electron chi connectivity index (χ4n) is 2.39. The molecule has 3 nitrogen and oxygen atoms in total. The van der Waals surface area contributed by atoms with E-state index in [1.807, 2.05) is 6.20 Å². The summed E-state index contributed by atoms with van der Waals surface area (Å²) in [5.74, 6) is 1.69. The summed E-state index contributed by atoms with van der Waals surface area (Å²) in [6.45, 7) is 4.35. The van der Waals surface area contributed by atoms with E-state index in [2.05, 4.69) is 33.7 Å². The van der Waals surface area contributed by atoms with E-state index < -0.39 is 0 Å². The van der Waals surface area contributed by atoms with Crippen LogP contribution in [0.4, 0.5) is 0 Å². The van der Waals surface area contributed by atoms with E-state index in [0.29, 0.717) is 5.92 Å². The first-order valence-electron chi connectivity index (χ1n) is 6.14. The van der Waals surface area contributed by atoms with Gasteiger partial charge >= 0.3 is 0 Å². The average Bonchev–Trinajstić information content (AvgIpc) is 2.98. The van der Waals surface area contributed by atoms with Crippen molar-refractivity contribution in [3.8, 4) is 10.6 Å². The molecule has 1 unspecified atom stereocenters. The highest BCUT2D eigenvalue weighted by Crippen LogP contribution is 2.29. The highest BCUT2D eigenvalue weighted by atomic mass is 32.1. The van der Waals surface area contributed by atoms with Crippen molar-refractivity contribution in [3.63, 3.8) is 0 Å². The van der Waals surface area contributed by atoms with Crippen LogP contribution in [0.5, 0.6) is 0 Å². The molecule has 2 N–H and O–H groups in total. The van der Waals surface area contributed by atoms with Crippen molar-refractivity contribution >= 4 is 11.3 Å². The zero-order valence-corrected chi connectivity index (χ0v) is 10.8. The maximum atomic E-state index is 4.55. The molecule has 0 saturated carbocycles. The van der Waals surface area contributed by atoms with Crippen LogP contribution >= 0.6 is 11.3 Å². The molecule has 0 amide bonds. The summed E-state index contributed by atoms with van der Waals surface area (Å²) in [5.41, 5.74) is 2.49. The number of hydrogen-bond donors (Lipinski definition) is 2. The molecule has 2 aromatic heterocycles. The van der Waals surface area contributed by atoms with Gasteiger partial charge in [-0.05, 0) is 43.3 Å². The first-order chi connectivity index (χ1) is 8.34. The number of piperidine rings is 1. The third kappa shape index (κ3) is 2.15. The molecule has 0 spiro atoms. The number of nitrogens with zero attached hydrogens (tertiary/aromatic N) is 1. The summed E-state index contributed by atoms with van der Waals surface area (Å²) in [6, 6.07) is 2.16. The molecule has 1 atom stereocenters. The molecule has 3 heterocycles. The van der Waals surface area contributed by atoms with E-state index in [0.717, 1.165) is 24.6 Å². The molecule has 17 heavy (non-hydrogen) atoms. The fraction of sp³-hybridized carbons (Fsp3) is 0.462. The first-order valence-corrected chi connectivity index (χ1v) is 7.02. The van der Waals surface area contributed by atoms with Gasteiger partial charge in [-0.1, -0.05) is 0 Å². The largest absolute Gasteiger partial charge is 0.341 e. The van der Waals surface area contributed by atoms with Crippen molar-refractivity contribution in [1.29, 1.82) is 0 Å². The Hall–Kier alpha value is -1.13. The number of aromatic nitrogens is 2. The molecule has 1 aliphatic rings. The van der Waals surface area contributed by atoms with Crippen molar-refractivity contribution in [2.24, 2.45) is 0 Å². The molecule has 0 radical (unpaired) electrons. The predicted octanol–water partition coefficient (Wildman–Crippen LogP) is 2.91. The fourth-order valence-corrected chi connectivity index (χ4v) is 3.29. The van der Waals surface area contributed by atoms with Gasteiger partial charge in [0.25, 0.3) is 0 Å². The van der Waals surface area contributed by atoms with Crippen LogP contribution in [-0.2, 0) is 0 Å². The second kappa shape index (κ2) is 4.63. The Morgan fingerprint density at radius 3 is 3.12 bits per heavy atom. The quantitative estimate of drug-likeness (QED) is 0.856. The number of aryl methyl sites for hydroxylation is 1. The smallest absolute Gasteiger partial charge is 0.110 e. The van der Waals surface area contributed by atoms with Crippen LogP contribution in [0.25, 0.3) is 10.6 Å². The van der Waals surface area contributed by atoms with Crippen molar-refractivity contribution in [2.75, 3.05) is 13.1 Å². The van der Waals surface area contributed by atoms with Gasteiger partial charge in [0.2, 0.25) is 0 Å². The monoisotopic (exact) mass is 247 g/mol. The Bertz CT molecular complexity index is 494. The van der Waals surface area contributed by atoms with Crippen molar-refractivity contribution in [1.82, 2.24) is 15.3 Å². The van der Waals surface area contributed by atoms with Crippen LogP contribution in [-0.4, -0.2) is 23.1 Å². The lowest BCUT2D eigenvalue weighted by molar-refractivity contribution is 0.449. The zero-order chi connectivity index (χ0) is 11.7. The van der Waals surface area contributed by atoms with Crippen molar-refractivity contribution in [3.05, 3.63) is 29.0 Å². The van der Waals surface area contributed by atoms with E-state index >= 15 is 0 Å². The summed E-state index contributed by atoms with van der Waals surface area (Å²) in [6.07, 6.45) is 4.46. The average molecular weight is 247 g/mol. The molecule has 2 aromatic rings. The number of aromatic amines is 1. The summed E-state index contributed by atoms with van der Waals surface area (Å²) in [5, 5.41) is 5.56. The highest BCUT2D eigenvalue weighted by Gasteiger charge is 2.18. The van der Waals surface area contributed by atoms with E-state index in [1.165, 1.54) is 23.3 Å². The van der Waals surface area contributed by atoms with Crippen LogP contribution in [0.2, 0.25) is 0 Å². The number of nitrogens with one attached hydrogen (secondary N) is 2. The van der Waals surface area contributed by atoms with Crippen LogP contribution in [0, 0.1) is 6.92 Å². The molecule has 4 heteroatoms. The van der Waals surface area contributed by atoms with E-state index in [1.54, 1.807) is 11.3 Å². The molecule has 0 aliphatic carbocycles. The van der Waals surface area contributed by atoms with E-state index in [-0.39, 0.29) is 0 Å². The van der Waals surface area contributed by atoms with Gasteiger partial charge in [0.15, 0.2) is 0 Å². The summed E-state index contributed by atoms with van der Waals surface area (Å²) in [7, 11) is 0. The van der Waals surface area contributed by atoms with Gasteiger partial charge in [0.05, 0.1) is 16.8 Å². The molecule has 90 valence electrons. The maximum absolute atomic E-state index is 4.55. The maximum Gasteiger partial charge on any atom is 0.110 e. The van der Waals surface area contributed by atoms with Crippen molar-refractivity contribution in [2.45, 2.75) is 25.7 Å². The van der Waals surface area contributed by atoms with Crippen LogP contribution in [0.15, 0.2) is 17.6 Å². The van der Waals surface area contributed by atoms with Gasteiger partial charge in [0, 0.05) is 12.5 Å². The van der Waals surface area contributed by atoms with Crippen molar-refractivity contribution < 1.29 is 0 Å². The molecule has 1 saturated heterocycles. The van der Waals surface area contributed by atoms with Gasteiger partial charge < -0.3 is 10.3 Å². The lowest BCUT2D eigenvalue weighted by atomic mass is 9.99. The molecule has 1 aliphatic heterocycles. The summed E-state index contributed by atoms with van der Waals surface area (Å²) >= 11 is 1.78. The molecule has 3 rings (SSSR count). The van der Waals surface area contributed by atoms with E-state index in [9.17, 15) is 0 Å². The van der Waals surface area contributed by atoms with E-state index in [4.69, 9.17) is 0 Å². The lowest BCUT2D eigenvalue weighted by Gasteiger charge is -2.20. The van der Waals surface area contributed by atoms with Crippen LogP contribution in [0.1, 0.15) is 30.1 Å². The Morgan fingerprint density at radius 1 is 1.47 bits per heavy atom. The number of hydrogen-bond acceptors (Lipinski definition) is 3. The molecule has 0 aromatic carbocycles. The lowest BCUT2D eigenvalue weighted by Crippen LogP contribution is -2.28. The van der Waals surface area contributed by atoms with Gasteiger partial charge in [-0.15, -0.1) is 11.3 Å². The molecule has 1 fully saturated rings. The summed E-state index contributed by atoms with van der Waals surface area (Å²) in [4.78, 5) is 9.35. The third-order valence-corrected chi connectivity index (χ3v) is 4.44. The minimum atomic E-state index is 0.553. The third-order valence-electron chi connectivity index (χ3n) is 3.39. The Morgan fingerprint density at radius 2 is 2.41 bits per heavy atom. The molecule has 0 bridgehead atoms. The molecular weight excluding hydrogens is 230 g/mol. The number of imidazole rings is 1. The second-order valence-electron chi connectivity index (χ2n) is 4.66. The second-order valence-corrected chi connectivity index (χ2v) is 5.57. The van der Waals surface area contributed by atoms with Gasteiger partial charge in [-0.2, -0.15) is 0 Å². The van der Waals surface area contributed by atoms with Gasteiger partial charge in [-0.3, -0.25) is 0 Å². The topological polar surface area (TPSA) is 40.7 Å². The van der Waals surface area contributed by atoms with Crippen LogP contribution in [0.3, 0.4) is 0 Å². The highest BCUT2D eigenvalue weighted by molar-refractivity contribution is 7.13. The van der Waals surface area contributed by atoms with Gasteiger partial charge in [0.1, 0.15) is 5.82 Å². The number of H-pyrrole nitrogens is 1. The zero-order valence-electron chi connectivity index (χ0n) is 9.99. The number of thiophene rings is 1. The minimum absolute atomic E-state index is 0.553. The Kier molecular flexibility index (Phi) is 2.99. The summed E-state index contributed by atoms with van der Waals surface area (Å²) < 4.78 is 0. The standard InChI is InChI=1S/C13H17N3S/c1-9-4-6-17-12(9)11-8-15-13(16-11)10-3-2-5-14-7-10/h4,6,8,10,14H,2-3,5,7H2,1H3,(H,15,16). The SMILES string of the molecule is Cc1ccsc1-c1cnc(C2CCCNC2)[nH]1. The number of rotatable bonds is 2. The Labute approximate surface area is 105 Å². The normalized spacial score (nSPS) is 20.6. The molecular formula is C13H17N3S.